The minimum atomic E-state index is -0.660. The van der Waals surface area contributed by atoms with Gasteiger partial charge >= 0.3 is 0 Å². The first-order valence-electron chi connectivity index (χ1n) is 12.5. The van der Waals surface area contributed by atoms with Gasteiger partial charge in [-0.2, -0.15) is 0 Å². The second kappa shape index (κ2) is 9.60. The molecule has 2 aromatic rings. The van der Waals surface area contributed by atoms with E-state index in [2.05, 4.69) is 15.6 Å². The van der Waals surface area contributed by atoms with Gasteiger partial charge in [0.15, 0.2) is 0 Å². The van der Waals surface area contributed by atoms with E-state index in [1.807, 2.05) is 30.3 Å². The fourth-order valence-corrected chi connectivity index (χ4v) is 6.13. The molecule has 0 radical (unpaired) electrons. The number of rotatable bonds is 7. The van der Waals surface area contributed by atoms with Crippen LogP contribution in [-0.2, 0) is 14.4 Å². The Balaban J connectivity index is 1.29. The van der Waals surface area contributed by atoms with Gasteiger partial charge in [-0.25, -0.2) is 0 Å². The molecule has 5 rings (SSSR count). The van der Waals surface area contributed by atoms with Crippen LogP contribution in [-0.4, -0.2) is 59.1 Å². The van der Waals surface area contributed by atoms with Crippen LogP contribution in [0.2, 0.25) is 0 Å². The molecule has 3 fully saturated rings. The van der Waals surface area contributed by atoms with E-state index in [9.17, 15) is 19.2 Å². The summed E-state index contributed by atoms with van der Waals surface area (Å²) in [6.45, 7) is 1.26. The first-order valence-corrected chi connectivity index (χ1v) is 12.5. The van der Waals surface area contributed by atoms with Crippen molar-refractivity contribution in [2.45, 2.75) is 57.0 Å². The predicted molar refractivity (Wildman–Crippen MR) is 127 cm³/mol. The molecular weight excluding hydrogens is 432 g/mol. The molecule has 1 aromatic carbocycles. The van der Waals surface area contributed by atoms with E-state index in [-0.39, 0.29) is 29.6 Å². The highest BCUT2D eigenvalue weighted by molar-refractivity contribution is 6.01. The maximum atomic E-state index is 13.5. The highest BCUT2D eigenvalue weighted by Gasteiger charge is 2.50. The largest absolute Gasteiger partial charge is 0.356 e. The number of para-hydroxylation sites is 1. The minimum absolute atomic E-state index is 0.0296. The monoisotopic (exact) mass is 464 g/mol. The number of aldehydes is 1. The zero-order valence-corrected chi connectivity index (χ0v) is 19.3. The lowest BCUT2D eigenvalue weighted by atomic mass is 9.91. The van der Waals surface area contributed by atoms with Crippen LogP contribution in [0.25, 0.3) is 10.9 Å². The van der Waals surface area contributed by atoms with Crippen molar-refractivity contribution in [3.63, 3.8) is 0 Å². The Morgan fingerprint density at radius 1 is 1.18 bits per heavy atom. The number of benzene rings is 1. The number of carbonyl (C=O) groups is 4. The molecule has 34 heavy (non-hydrogen) atoms. The number of hydrogen-bond donors (Lipinski definition) is 3. The smallest absolute Gasteiger partial charge is 0.271 e. The molecule has 1 saturated carbocycles. The summed E-state index contributed by atoms with van der Waals surface area (Å²) in [5, 5.41) is 6.72. The number of hydrogen-bond acceptors (Lipinski definition) is 4. The van der Waals surface area contributed by atoms with Crippen LogP contribution in [0.15, 0.2) is 30.3 Å². The van der Waals surface area contributed by atoms with Crippen molar-refractivity contribution in [1.82, 2.24) is 20.5 Å². The van der Waals surface area contributed by atoms with E-state index >= 15 is 0 Å². The molecule has 3 N–H and O–H groups in total. The van der Waals surface area contributed by atoms with Gasteiger partial charge in [0.1, 0.15) is 18.0 Å². The number of nitrogens with one attached hydrogen (secondary N) is 3. The second-order valence-corrected chi connectivity index (χ2v) is 9.99. The van der Waals surface area contributed by atoms with Crippen LogP contribution in [0.1, 0.15) is 55.4 Å². The normalized spacial score (nSPS) is 27.3. The Hall–Kier alpha value is -3.16. The average Bonchev–Trinajstić information content (AvgIpc) is 3.56. The molecule has 0 bridgehead atoms. The van der Waals surface area contributed by atoms with Crippen LogP contribution in [0, 0.1) is 17.8 Å². The number of nitrogens with zero attached hydrogens (tertiary/aromatic N) is 1. The third kappa shape index (κ3) is 4.33. The van der Waals surface area contributed by atoms with E-state index in [0.717, 1.165) is 49.3 Å². The van der Waals surface area contributed by atoms with E-state index < -0.39 is 12.1 Å². The molecule has 2 saturated heterocycles. The minimum Gasteiger partial charge on any atom is -0.356 e. The van der Waals surface area contributed by atoms with Crippen molar-refractivity contribution >= 4 is 34.9 Å². The lowest BCUT2D eigenvalue weighted by Gasteiger charge is -2.28. The lowest BCUT2D eigenvalue weighted by molar-refractivity contribution is -0.128. The van der Waals surface area contributed by atoms with E-state index in [0.29, 0.717) is 37.5 Å². The molecule has 3 aliphatic rings. The van der Waals surface area contributed by atoms with Gasteiger partial charge < -0.3 is 25.3 Å². The standard InChI is InChI=1S/C26H32N4O4/c31-15-19(11-10-16-7-4-12-27-24(16)32)28-25(33)23-20-8-3-6-18(20)14-30(23)26(34)22-13-17-5-1-2-9-21(17)29-22/h1-2,5,9,13,15-16,18-20,23,29H,3-4,6-8,10-12,14H2,(H,27,32)(H,28,33)/t16-,18-,19-,20-,23-/m0/s1. The molecule has 180 valence electrons. The van der Waals surface area contributed by atoms with Gasteiger partial charge in [-0.3, -0.25) is 14.4 Å². The van der Waals surface area contributed by atoms with Crippen molar-refractivity contribution in [3.05, 3.63) is 36.0 Å². The molecule has 3 heterocycles. The molecule has 8 heteroatoms. The Bertz CT molecular complexity index is 1060. The van der Waals surface area contributed by atoms with Crippen LogP contribution in [0.3, 0.4) is 0 Å². The number of H-pyrrole nitrogens is 1. The van der Waals surface area contributed by atoms with Crippen LogP contribution >= 0.6 is 0 Å². The third-order valence-corrected chi connectivity index (χ3v) is 7.90. The van der Waals surface area contributed by atoms with Crippen LogP contribution < -0.4 is 10.6 Å². The number of amides is 3. The third-order valence-electron chi connectivity index (χ3n) is 7.90. The SMILES string of the molecule is O=C[C@H](CC[C@@H]1CCCNC1=O)NC(=O)[C@@H]1[C@H]2CCC[C@H]2CN1C(=O)c1cc2ccccc2[nH]1. The van der Waals surface area contributed by atoms with Gasteiger partial charge in [-0.05, 0) is 62.5 Å². The number of carbonyl (C=O) groups excluding carboxylic acids is 4. The summed E-state index contributed by atoms with van der Waals surface area (Å²) in [7, 11) is 0. The fraction of sp³-hybridized carbons (Fsp3) is 0.538. The molecule has 0 unspecified atom stereocenters. The fourth-order valence-electron chi connectivity index (χ4n) is 6.13. The molecule has 3 amide bonds. The van der Waals surface area contributed by atoms with E-state index in [1.54, 1.807) is 4.90 Å². The molecular formula is C26H32N4O4. The maximum Gasteiger partial charge on any atom is 0.271 e. The van der Waals surface area contributed by atoms with Crippen molar-refractivity contribution in [2.24, 2.45) is 17.8 Å². The summed E-state index contributed by atoms with van der Waals surface area (Å²) >= 11 is 0. The lowest BCUT2D eigenvalue weighted by Crippen LogP contribution is -2.51. The van der Waals surface area contributed by atoms with Gasteiger partial charge in [0.05, 0.1) is 6.04 Å². The highest BCUT2D eigenvalue weighted by Crippen LogP contribution is 2.43. The number of aromatic amines is 1. The number of fused-ring (bicyclic) bond motifs is 2. The van der Waals surface area contributed by atoms with Gasteiger partial charge in [-0.15, -0.1) is 0 Å². The molecule has 0 spiro atoms. The zero-order chi connectivity index (χ0) is 23.7. The summed E-state index contributed by atoms with van der Waals surface area (Å²) < 4.78 is 0. The van der Waals surface area contributed by atoms with E-state index in [4.69, 9.17) is 0 Å². The van der Waals surface area contributed by atoms with E-state index in [1.165, 1.54) is 0 Å². The summed E-state index contributed by atoms with van der Waals surface area (Å²) in [5.74, 6) is -0.0911. The van der Waals surface area contributed by atoms with Crippen LogP contribution in [0.5, 0.6) is 0 Å². The molecule has 2 aliphatic heterocycles. The average molecular weight is 465 g/mol. The van der Waals surface area contributed by atoms with Crippen LogP contribution in [0.4, 0.5) is 0 Å². The zero-order valence-electron chi connectivity index (χ0n) is 19.3. The van der Waals surface area contributed by atoms with Gasteiger partial charge in [0.2, 0.25) is 11.8 Å². The molecule has 1 aliphatic carbocycles. The van der Waals surface area contributed by atoms with Gasteiger partial charge in [0, 0.05) is 29.9 Å². The van der Waals surface area contributed by atoms with Gasteiger partial charge in [-0.1, -0.05) is 24.6 Å². The summed E-state index contributed by atoms with van der Waals surface area (Å²) in [6.07, 6.45) is 6.46. The molecule has 5 atom stereocenters. The van der Waals surface area contributed by atoms with Crippen molar-refractivity contribution in [3.8, 4) is 0 Å². The summed E-state index contributed by atoms with van der Waals surface area (Å²) in [4.78, 5) is 55.6. The van der Waals surface area contributed by atoms with Crippen molar-refractivity contribution < 1.29 is 19.2 Å². The van der Waals surface area contributed by atoms with Crippen molar-refractivity contribution in [2.75, 3.05) is 13.1 Å². The van der Waals surface area contributed by atoms with Crippen molar-refractivity contribution in [1.29, 1.82) is 0 Å². The molecule has 1 aromatic heterocycles. The Labute approximate surface area is 198 Å². The summed E-state index contributed by atoms with van der Waals surface area (Å²) in [5.41, 5.74) is 1.37. The Kier molecular flexibility index (Phi) is 6.39. The maximum absolute atomic E-state index is 13.5. The first-order chi connectivity index (χ1) is 16.5. The Morgan fingerprint density at radius 3 is 2.82 bits per heavy atom. The summed E-state index contributed by atoms with van der Waals surface area (Å²) in [6, 6.07) is 8.32. The Morgan fingerprint density at radius 2 is 2.03 bits per heavy atom. The topological polar surface area (TPSA) is 111 Å². The number of likely N-dealkylation sites (tertiary alicyclic amines) is 1. The van der Waals surface area contributed by atoms with Gasteiger partial charge in [0.25, 0.3) is 5.91 Å². The second-order valence-electron chi connectivity index (χ2n) is 9.99. The number of aromatic nitrogens is 1. The quantitative estimate of drug-likeness (QED) is 0.547. The predicted octanol–water partition coefficient (Wildman–Crippen LogP) is 2.40. The number of piperidine rings is 1. The molecule has 8 nitrogen and oxygen atoms in total. The first kappa shape index (κ1) is 22.6. The highest BCUT2D eigenvalue weighted by atomic mass is 16.2.